The second kappa shape index (κ2) is 6.43. The molecule has 0 aliphatic rings. The average Bonchev–Trinajstić information content (AvgIpc) is 2.85. The van der Waals surface area contributed by atoms with Crippen LogP contribution >= 0.6 is 0 Å². The summed E-state index contributed by atoms with van der Waals surface area (Å²) < 4.78 is 2.00. The summed E-state index contributed by atoms with van der Waals surface area (Å²) in [4.78, 5) is 23.0. The molecule has 5 heteroatoms. The fourth-order valence-electron chi connectivity index (χ4n) is 2.32. The Kier molecular flexibility index (Phi) is 4.62. The molecule has 112 valence electrons. The van der Waals surface area contributed by atoms with Crippen LogP contribution in [0.5, 0.6) is 0 Å². The molecule has 1 aromatic carbocycles. The van der Waals surface area contributed by atoms with Crippen LogP contribution < -0.4 is 5.32 Å². The minimum Gasteiger partial charge on any atom is -0.480 e. The molecule has 1 heterocycles. The molecule has 0 fully saturated rings. The van der Waals surface area contributed by atoms with Gasteiger partial charge in [0.25, 0.3) is 0 Å². The molecule has 0 unspecified atom stereocenters. The molecule has 1 amide bonds. The molecule has 21 heavy (non-hydrogen) atoms. The number of aryl methyl sites for hydroxylation is 1. The van der Waals surface area contributed by atoms with Gasteiger partial charge in [0.1, 0.15) is 6.04 Å². The Labute approximate surface area is 123 Å². The molecule has 2 rings (SSSR count). The number of hydrogen-bond acceptors (Lipinski definition) is 2. The first-order valence-corrected chi connectivity index (χ1v) is 7.05. The summed E-state index contributed by atoms with van der Waals surface area (Å²) in [5.74, 6) is -1.38. The van der Waals surface area contributed by atoms with Crippen LogP contribution in [0, 0.1) is 5.92 Å². The molecule has 0 saturated heterocycles. The Morgan fingerprint density at radius 2 is 1.95 bits per heavy atom. The van der Waals surface area contributed by atoms with E-state index in [-0.39, 0.29) is 18.2 Å². The lowest BCUT2D eigenvalue weighted by molar-refractivity contribution is -0.143. The first kappa shape index (κ1) is 15.1. The lowest BCUT2D eigenvalue weighted by Crippen LogP contribution is -2.44. The number of nitrogens with one attached hydrogen (secondary N) is 1. The number of amides is 1. The highest BCUT2D eigenvalue weighted by atomic mass is 16.4. The standard InChI is InChI=1S/C16H20N2O3/c1-11(2)15(16(20)21)17-14(19)8-10-18-9-7-12-5-3-4-6-13(12)18/h3-7,9,11,15H,8,10H2,1-2H3,(H,17,19)(H,20,21)/t15-/m1/s1. The molecule has 5 nitrogen and oxygen atoms in total. The van der Waals surface area contributed by atoms with Crippen molar-refractivity contribution in [1.82, 2.24) is 9.88 Å². The summed E-state index contributed by atoms with van der Waals surface area (Å²) >= 11 is 0. The number of nitrogens with zero attached hydrogens (tertiary/aromatic N) is 1. The first-order valence-electron chi connectivity index (χ1n) is 7.05. The van der Waals surface area contributed by atoms with Gasteiger partial charge in [0, 0.05) is 24.7 Å². The third kappa shape index (κ3) is 3.62. The van der Waals surface area contributed by atoms with Gasteiger partial charge in [0.2, 0.25) is 5.91 Å². The zero-order chi connectivity index (χ0) is 15.4. The zero-order valence-corrected chi connectivity index (χ0v) is 12.2. The lowest BCUT2D eigenvalue weighted by atomic mass is 10.0. The van der Waals surface area contributed by atoms with Gasteiger partial charge in [-0.1, -0.05) is 32.0 Å². The van der Waals surface area contributed by atoms with E-state index in [1.165, 1.54) is 0 Å². The minimum absolute atomic E-state index is 0.140. The largest absolute Gasteiger partial charge is 0.480 e. The van der Waals surface area contributed by atoms with Crippen molar-refractivity contribution >= 4 is 22.8 Å². The van der Waals surface area contributed by atoms with Crippen molar-refractivity contribution in [2.24, 2.45) is 5.92 Å². The first-order chi connectivity index (χ1) is 9.99. The fraction of sp³-hybridized carbons (Fsp3) is 0.375. The summed E-state index contributed by atoms with van der Waals surface area (Å²) in [6.07, 6.45) is 2.20. The van der Waals surface area contributed by atoms with E-state index in [0.717, 1.165) is 10.9 Å². The van der Waals surface area contributed by atoms with Gasteiger partial charge in [-0.3, -0.25) is 4.79 Å². The Balaban J connectivity index is 1.96. The summed E-state index contributed by atoms with van der Waals surface area (Å²) in [7, 11) is 0. The fourth-order valence-corrected chi connectivity index (χ4v) is 2.32. The predicted octanol–water partition coefficient (Wildman–Crippen LogP) is 2.26. The van der Waals surface area contributed by atoms with Gasteiger partial charge in [-0.25, -0.2) is 4.79 Å². The van der Waals surface area contributed by atoms with Gasteiger partial charge in [-0.05, 0) is 23.4 Å². The molecule has 2 aromatic rings. The smallest absolute Gasteiger partial charge is 0.326 e. The van der Waals surface area contributed by atoms with E-state index in [1.54, 1.807) is 13.8 Å². The number of rotatable bonds is 6. The Morgan fingerprint density at radius 1 is 1.24 bits per heavy atom. The molecular formula is C16H20N2O3. The molecule has 1 atom stereocenters. The molecule has 0 bridgehead atoms. The van der Waals surface area contributed by atoms with Crippen molar-refractivity contribution in [2.45, 2.75) is 32.9 Å². The van der Waals surface area contributed by atoms with Crippen LogP contribution in [-0.2, 0) is 16.1 Å². The average molecular weight is 288 g/mol. The summed E-state index contributed by atoms with van der Waals surface area (Å²) in [6.45, 7) is 4.08. The van der Waals surface area contributed by atoms with Crippen molar-refractivity contribution in [2.75, 3.05) is 0 Å². The topological polar surface area (TPSA) is 71.3 Å². The van der Waals surface area contributed by atoms with Gasteiger partial charge in [-0.15, -0.1) is 0 Å². The molecule has 0 radical (unpaired) electrons. The maximum absolute atomic E-state index is 11.9. The lowest BCUT2D eigenvalue weighted by Gasteiger charge is -2.18. The third-order valence-corrected chi connectivity index (χ3v) is 3.51. The summed E-state index contributed by atoms with van der Waals surface area (Å²) in [5, 5.41) is 12.8. The van der Waals surface area contributed by atoms with Crippen molar-refractivity contribution in [3.8, 4) is 0 Å². The quantitative estimate of drug-likeness (QED) is 0.856. The predicted molar refractivity (Wildman–Crippen MR) is 81.0 cm³/mol. The van der Waals surface area contributed by atoms with Crippen LogP contribution in [0.2, 0.25) is 0 Å². The highest BCUT2D eigenvalue weighted by molar-refractivity contribution is 5.84. The Hall–Kier alpha value is -2.30. The molecule has 0 saturated carbocycles. The van der Waals surface area contributed by atoms with Gasteiger partial charge in [-0.2, -0.15) is 0 Å². The van der Waals surface area contributed by atoms with E-state index in [0.29, 0.717) is 6.54 Å². The number of carboxylic acids is 1. The minimum atomic E-state index is -0.996. The van der Waals surface area contributed by atoms with E-state index in [4.69, 9.17) is 5.11 Å². The number of carbonyl (C=O) groups excluding carboxylic acids is 1. The van der Waals surface area contributed by atoms with Crippen LogP contribution in [0.25, 0.3) is 10.9 Å². The summed E-state index contributed by atoms with van der Waals surface area (Å²) in [6, 6.07) is 9.12. The maximum atomic E-state index is 11.9. The van der Waals surface area contributed by atoms with Gasteiger partial charge in [0.15, 0.2) is 0 Å². The Morgan fingerprint density at radius 3 is 2.62 bits per heavy atom. The summed E-state index contributed by atoms with van der Waals surface area (Å²) in [5.41, 5.74) is 1.07. The van der Waals surface area contributed by atoms with E-state index in [1.807, 2.05) is 41.1 Å². The van der Waals surface area contributed by atoms with Gasteiger partial charge in [0.05, 0.1) is 0 Å². The van der Waals surface area contributed by atoms with Gasteiger partial charge < -0.3 is 15.0 Å². The number of aliphatic carboxylic acids is 1. The number of aromatic nitrogens is 1. The van der Waals surface area contributed by atoms with Crippen LogP contribution in [0.15, 0.2) is 36.5 Å². The highest BCUT2D eigenvalue weighted by Gasteiger charge is 2.23. The number of fused-ring (bicyclic) bond motifs is 1. The SMILES string of the molecule is CC(C)[C@@H](NC(=O)CCn1ccc2ccccc21)C(=O)O. The van der Waals surface area contributed by atoms with E-state index in [9.17, 15) is 9.59 Å². The van der Waals surface area contributed by atoms with Crippen LogP contribution in [-0.4, -0.2) is 27.6 Å². The number of carbonyl (C=O) groups is 2. The van der Waals surface area contributed by atoms with Gasteiger partial charge >= 0.3 is 5.97 Å². The molecule has 0 aliphatic heterocycles. The second-order valence-electron chi connectivity index (χ2n) is 5.45. The van der Waals surface area contributed by atoms with Crippen molar-refractivity contribution in [3.63, 3.8) is 0 Å². The van der Waals surface area contributed by atoms with Crippen LogP contribution in [0.4, 0.5) is 0 Å². The number of benzene rings is 1. The molecular weight excluding hydrogens is 268 g/mol. The third-order valence-electron chi connectivity index (χ3n) is 3.51. The Bertz CT molecular complexity index is 646. The zero-order valence-electron chi connectivity index (χ0n) is 12.2. The van der Waals surface area contributed by atoms with E-state index >= 15 is 0 Å². The monoisotopic (exact) mass is 288 g/mol. The number of carboxylic acid groups (broad SMARTS) is 1. The van der Waals surface area contributed by atoms with Crippen molar-refractivity contribution in [3.05, 3.63) is 36.5 Å². The number of hydrogen-bond donors (Lipinski definition) is 2. The molecule has 0 aliphatic carbocycles. The van der Waals surface area contributed by atoms with Crippen molar-refractivity contribution < 1.29 is 14.7 Å². The van der Waals surface area contributed by atoms with E-state index < -0.39 is 12.0 Å². The molecule has 0 spiro atoms. The second-order valence-corrected chi connectivity index (χ2v) is 5.45. The highest BCUT2D eigenvalue weighted by Crippen LogP contribution is 2.15. The van der Waals surface area contributed by atoms with Crippen LogP contribution in [0.1, 0.15) is 20.3 Å². The van der Waals surface area contributed by atoms with E-state index in [2.05, 4.69) is 5.32 Å². The van der Waals surface area contributed by atoms with Crippen LogP contribution in [0.3, 0.4) is 0 Å². The van der Waals surface area contributed by atoms with Crippen molar-refractivity contribution in [1.29, 1.82) is 0 Å². The maximum Gasteiger partial charge on any atom is 0.326 e. The molecule has 1 aromatic heterocycles. The molecule has 2 N–H and O–H groups in total. The normalized spacial score (nSPS) is 12.5. The number of para-hydroxylation sites is 1.